The van der Waals surface area contributed by atoms with Crippen LogP contribution in [0.1, 0.15) is 28.8 Å². The van der Waals surface area contributed by atoms with E-state index in [0.717, 1.165) is 6.07 Å². The van der Waals surface area contributed by atoms with Crippen LogP contribution < -0.4 is 10.6 Å². The monoisotopic (exact) mass is 370 g/mol. The maximum Gasteiger partial charge on any atom is 0.323 e. The summed E-state index contributed by atoms with van der Waals surface area (Å²) in [7, 11) is 0. The fourth-order valence-electron chi connectivity index (χ4n) is 2.70. The van der Waals surface area contributed by atoms with Crippen LogP contribution in [-0.4, -0.2) is 34.3 Å². The summed E-state index contributed by atoms with van der Waals surface area (Å²) in [4.78, 5) is 51.0. The van der Waals surface area contributed by atoms with Gasteiger partial charge in [0.05, 0.1) is 22.8 Å². The second-order valence-electron chi connectivity index (χ2n) is 5.58. The molecule has 1 unspecified atom stereocenters. The summed E-state index contributed by atoms with van der Waals surface area (Å²) >= 11 is 0. The number of hydrogen-bond donors (Lipinski definition) is 2. The van der Waals surface area contributed by atoms with Crippen LogP contribution in [0.4, 0.5) is 17.1 Å². The third-order valence-electron chi connectivity index (χ3n) is 3.89. The molecule has 0 spiro atoms. The Hall–Kier alpha value is -3.82. The maximum absolute atomic E-state index is 12.3. The van der Waals surface area contributed by atoms with Crippen molar-refractivity contribution < 1.29 is 24.0 Å². The highest BCUT2D eigenvalue weighted by atomic mass is 16.6. The molecule has 0 aliphatic carbocycles. The van der Waals surface area contributed by atoms with E-state index >= 15 is 0 Å². The molecule has 10 heteroatoms. The Kier molecular flexibility index (Phi) is 4.79. The average Bonchev–Trinajstić information content (AvgIpc) is 2.96. The number of nitro groups is 1. The summed E-state index contributed by atoms with van der Waals surface area (Å²) in [6.07, 6.45) is 2.79. The molecule has 27 heavy (non-hydrogen) atoms. The Morgan fingerprint density at radius 2 is 2.19 bits per heavy atom. The van der Waals surface area contributed by atoms with E-state index in [0.29, 0.717) is 0 Å². The Morgan fingerprint density at radius 3 is 2.81 bits per heavy atom. The summed E-state index contributed by atoms with van der Waals surface area (Å²) in [6.45, 7) is 1.68. The van der Waals surface area contributed by atoms with Crippen molar-refractivity contribution >= 4 is 34.8 Å². The molecule has 1 aromatic heterocycles. The van der Waals surface area contributed by atoms with Gasteiger partial charge in [0.25, 0.3) is 11.6 Å². The molecule has 2 amide bonds. The zero-order valence-corrected chi connectivity index (χ0v) is 14.1. The number of carbonyl (C=O) groups excluding carboxylic acids is 3. The summed E-state index contributed by atoms with van der Waals surface area (Å²) < 4.78 is 4.89. The van der Waals surface area contributed by atoms with Crippen molar-refractivity contribution in [3.63, 3.8) is 0 Å². The second kappa shape index (κ2) is 7.20. The van der Waals surface area contributed by atoms with E-state index in [1.807, 2.05) is 0 Å². The number of benzene rings is 1. The quantitative estimate of drug-likeness (QED) is 0.354. The van der Waals surface area contributed by atoms with E-state index in [1.54, 1.807) is 13.0 Å². The lowest BCUT2D eigenvalue weighted by atomic mass is 9.99. The maximum atomic E-state index is 12.3. The second-order valence-corrected chi connectivity index (χ2v) is 5.58. The molecule has 138 valence electrons. The van der Waals surface area contributed by atoms with Gasteiger partial charge in [-0.3, -0.25) is 29.5 Å². The topological polar surface area (TPSA) is 141 Å². The number of nitro benzene ring substituents is 1. The molecule has 2 aromatic rings. The molecule has 1 aromatic carbocycles. The van der Waals surface area contributed by atoms with Gasteiger partial charge in [-0.25, -0.2) is 0 Å². The lowest BCUT2D eigenvalue weighted by Crippen LogP contribution is -2.23. The smallest absolute Gasteiger partial charge is 0.323 e. The molecule has 0 saturated heterocycles. The number of nitrogens with one attached hydrogen (secondary N) is 2. The van der Waals surface area contributed by atoms with Crippen molar-refractivity contribution in [2.75, 3.05) is 17.2 Å². The first-order chi connectivity index (χ1) is 12.9. The molecular weight excluding hydrogens is 356 g/mol. The fourth-order valence-corrected chi connectivity index (χ4v) is 2.70. The van der Waals surface area contributed by atoms with Crippen LogP contribution in [0.2, 0.25) is 0 Å². The standard InChI is InChI=1S/C17H14N4O6/c1-2-27-17(24)14-10-6-12(20-15(22)9-4-3-5-18-8-9)13(21(25)26)7-11(10)19-16(14)23/h3-8,14H,2H2,1H3,(H,19,23)(H,20,22). The third-order valence-corrected chi connectivity index (χ3v) is 3.89. The van der Waals surface area contributed by atoms with E-state index in [4.69, 9.17) is 4.74 Å². The van der Waals surface area contributed by atoms with Gasteiger partial charge in [-0.2, -0.15) is 0 Å². The predicted molar refractivity (Wildman–Crippen MR) is 93.3 cm³/mol. The van der Waals surface area contributed by atoms with Gasteiger partial charge >= 0.3 is 5.97 Å². The number of pyridine rings is 1. The zero-order chi connectivity index (χ0) is 19.6. The number of ether oxygens (including phenoxy) is 1. The van der Waals surface area contributed by atoms with Crippen molar-refractivity contribution in [2.45, 2.75) is 12.8 Å². The minimum absolute atomic E-state index is 0.0789. The van der Waals surface area contributed by atoms with Gasteiger partial charge in [-0.05, 0) is 25.1 Å². The first kappa shape index (κ1) is 18.0. The number of aromatic nitrogens is 1. The van der Waals surface area contributed by atoms with Gasteiger partial charge in [0.1, 0.15) is 5.69 Å². The van der Waals surface area contributed by atoms with Crippen molar-refractivity contribution in [1.29, 1.82) is 0 Å². The van der Waals surface area contributed by atoms with E-state index in [1.165, 1.54) is 24.5 Å². The van der Waals surface area contributed by atoms with Crippen molar-refractivity contribution in [3.05, 3.63) is 57.9 Å². The molecule has 2 N–H and O–H groups in total. The molecule has 0 radical (unpaired) electrons. The van der Waals surface area contributed by atoms with Crippen molar-refractivity contribution in [2.24, 2.45) is 0 Å². The van der Waals surface area contributed by atoms with E-state index in [9.17, 15) is 24.5 Å². The number of rotatable bonds is 5. The number of hydrogen-bond acceptors (Lipinski definition) is 7. The summed E-state index contributed by atoms with van der Waals surface area (Å²) in [5.74, 6) is -3.29. The molecule has 1 aliphatic heterocycles. The zero-order valence-electron chi connectivity index (χ0n) is 14.1. The molecule has 0 saturated carbocycles. The molecule has 10 nitrogen and oxygen atoms in total. The van der Waals surface area contributed by atoms with E-state index < -0.39 is 34.3 Å². The number of fused-ring (bicyclic) bond motifs is 1. The highest BCUT2D eigenvalue weighted by Gasteiger charge is 2.39. The van der Waals surface area contributed by atoms with E-state index in [2.05, 4.69) is 15.6 Å². The molecule has 1 aliphatic rings. The molecular formula is C17H14N4O6. The molecule has 1 atom stereocenters. The fraction of sp³-hybridized carbons (Fsp3) is 0.176. The van der Waals surface area contributed by atoms with Gasteiger partial charge in [0, 0.05) is 24.0 Å². The van der Waals surface area contributed by atoms with Gasteiger partial charge in [-0.1, -0.05) is 0 Å². The van der Waals surface area contributed by atoms with Crippen LogP contribution in [-0.2, 0) is 14.3 Å². The first-order valence-electron chi connectivity index (χ1n) is 7.93. The first-order valence-corrected chi connectivity index (χ1v) is 7.93. The third kappa shape index (κ3) is 3.45. The number of carbonyl (C=O) groups is 3. The van der Waals surface area contributed by atoms with Crippen LogP contribution in [0, 0.1) is 10.1 Å². The number of amides is 2. The number of anilines is 2. The van der Waals surface area contributed by atoms with Crippen LogP contribution in [0.5, 0.6) is 0 Å². The predicted octanol–water partition coefficient (Wildman–Crippen LogP) is 1.84. The Bertz CT molecular complexity index is 944. The Labute approximate surface area is 152 Å². The van der Waals surface area contributed by atoms with Gasteiger partial charge in [0.2, 0.25) is 5.91 Å². The summed E-state index contributed by atoms with van der Waals surface area (Å²) in [6, 6.07) is 5.38. The van der Waals surface area contributed by atoms with Crippen LogP contribution in [0.3, 0.4) is 0 Å². The highest BCUT2D eigenvalue weighted by Crippen LogP contribution is 2.40. The van der Waals surface area contributed by atoms with E-state index in [-0.39, 0.29) is 29.1 Å². The van der Waals surface area contributed by atoms with Crippen molar-refractivity contribution in [1.82, 2.24) is 4.98 Å². The minimum atomic E-state index is -1.25. The summed E-state index contributed by atoms with van der Waals surface area (Å²) in [5, 5.41) is 16.2. The lowest BCUT2D eigenvalue weighted by molar-refractivity contribution is -0.383. The Balaban J connectivity index is 2.01. The largest absolute Gasteiger partial charge is 0.465 e. The molecule has 0 fully saturated rings. The normalized spacial score (nSPS) is 14.9. The van der Waals surface area contributed by atoms with Crippen LogP contribution >= 0.6 is 0 Å². The minimum Gasteiger partial charge on any atom is -0.465 e. The average molecular weight is 370 g/mol. The lowest BCUT2D eigenvalue weighted by Gasteiger charge is -2.11. The molecule has 0 bridgehead atoms. The van der Waals surface area contributed by atoms with Gasteiger partial charge in [-0.15, -0.1) is 0 Å². The van der Waals surface area contributed by atoms with Crippen LogP contribution in [0.15, 0.2) is 36.7 Å². The SMILES string of the molecule is CCOC(=O)C1C(=O)Nc2cc([N+](=O)[O-])c(NC(=O)c3cccnc3)cc21. The van der Waals surface area contributed by atoms with Crippen molar-refractivity contribution in [3.8, 4) is 0 Å². The summed E-state index contributed by atoms with van der Waals surface area (Å²) in [5.41, 5.74) is -0.0349. The Morgan fingerprint density at radius 1 is 1.41 bits per heavy atom. The van der Waals surface area contributed by atoms with Gasteiger partial charge < -0.3 is 15.4 Å². The number of nitrogens with zero attached hydrogens (tertiary/aromatic N) is 2. The number of esters is 1. The highest BCUT2D eigenvalue weighted by molar-refractivity contribution is 6.16. The van der Waals surface area contributed by atoms with Crippen LogP contribution in [0.25, 0.3) is 0 Å². The molecule has 2 heterocycles. The molecule has 3 rings (SSSR count). The van der Waals surface area contributed by atoms with Gasteiger partial charge in [0.15, 0.2) is 5.92 Å².